The lowest BCUT2D eigenvalue weighted by molar-refractivity contribution is -0.118. The third kappa shape index (κ3) is 6.36. The molecule has 0 saturated heterocycles. The molecular formula is C24H24BrNO3. The first-order valence-corrected chi connectivity index (χ1v) is 10.5. The Kier molecular flexibility index (Phi) is 7.70. The molecule has 1 amide bonds. The van der Waals surface area contributed by atoms with Crippen LogP contribution in [0.1, 0.15) is 19.8 Å². The molecule has 0 heterocycles. The van der Waals surface area contributed by atoms with E-state index in [4.69, 9.17) is 9.47 Å². The molecule has 0 aliphatic rings. The van der Waals surface area contributed by atoms with Crippen LogP contribution in [0.25, 0.3) is 11.1 Å². The van der Waals surface area contributed by atoms with Crippen LogP contribution in [0.2, 0.25) is 0 Å². The van der Waals surface area contributed by atoms with Gasteiger partial charge in [0.2, 0.25) is 0 Å². The van der Waals surface area contributed by atoms with Crippen LogP contribution in [-0.4, -0.2) is 19.1 Å². The predicted molar refractivity (Wildman–Crippen MR) is 121 cm³/mol. The molecular weight excluding hydrogens is 430 g/mol. The van der Waals surface area contributed by atoms with E-state index in [1.165, 1.54) is 0 Å². The lowest BCUT2D eigenvalue weighted by atomic mass is 10.1. The maximum absolute atomic E-state index is 12.3. The van der Waals surface area contributed by atoms with Crippen LogP contribution in [0.4, 0.5) is 5.69 Å². The topological polar surface area (TPSA) is 47.6 Å². The second-order valence-corrected chi connectivity index (χ2v) is 7.43. The highest BCUT2D eigenvalue weighted by molar-refractivity contribution is 9.10. The molecule has 1 N–H and O–H groups in total. The van der Waals surface area contributed by atoms with Gasteiger partial charge in [-0.05, 0) is 57.7 Å². The zero-order valence-corrected chi connectivity index (χ0v) is 17.9. The second-order valence-electron chi connectivity index (χ2n) is 6.58. The van der Waals surface area contributed by atoms with Crippen LogP contribution in [0.15, 0.2) is 77.3 Å². The number of unbranched alkanes of at least 4 members (excludes halogenated alkanes) is 1. The van der Waals surface area contributed by atoms with Gasteiger partial charge < -0.3 is 14.8 Å². The predicted octanol–water partition coefficient (Wildman–Crippen LogP) is 6.31. The average molecular weight is 454 g/mol. The minimum atomic E-state index is -0.227. The fourth-order valence-electron chi connectivity index (χ4n) is 2.77. The number of hydrogen-bond donors (Lipinski definition) is 1. The summed E-state index contributed by atoms with van der Waals surface area (Å²) in [7, 11) is 0. The quantitative estimate of drug-likeness (QED) is 0.386. The molecule has 0 radical (unpaired) electrons. The van der Waals surface area contributed by atoms with E-state index in [9.17, 15) is 4.79 Å². The summed E-state index contributed by atoms with van der Waals surface area (Å²) in [6.45, 7) is 2.71. The highest BCUT2D eigenvalue weighted by atomic mass is 79.9. The van der Waals surface area contributed by atoms with E-state index in [1.54, 1.807) is 0 Å². The zero-order chi connectivity index (χ0) is 20.5. The molecule has 4 nitrogen and oxygen atoms in total. The van der Waals surface area contributed by atoms with Gasteiger partial charge in [0, 0.05) is 11.8 Å². The Morgan fingerprint density at radius 1 is 0.931 bits per heavy atom. The normalized spacial score (nSPS) is 10.4. The van der Waals surface area contributed by atoms with Crippen LogP contribution in [0, 0.1) is 0 Å². The monoisotopic (exact) mass is 453 g/mol. The second kappa shape index (κ2) is 10.7. The molecule has 3 rings (SSSR count). The number of amides is 1. The summed E-state index contributed by atoms with van der Waals surface area (Å²) in [5.41, 5.74) is 2.89. The fraction of sp³-hybridized carbons (Fsp3) is 0.208. The Morgan fingerprint density at radius 2 is 1.76 bits per heavy atom. The van der Waals surface area contributed by atoms with Crippen molar-refractivity contribution >= 4 is 27.5 Å². The Labute approximate surface area is 180 Å². The third-order valence-corrected chi connectivity index (χ3v) is 4.90. The van der Waals surface area contributed by atoms with Crippen LogP contribution < -0.4 is 14.8 Å². The van der Waals surface area contributed by atoms with E-state index in [0.717, 1.165) is 34.2 Å². The largest absolute Gasteiger partial charge is 0.494 e. The Bertz CT molecular complexity index is 944. The zero-order valence-electron chi connectivity index (χ0n) is 16.4. The average Bonchev–Trinajstić information content (AvgIpc) is 2.74. The number of anilines is 1. The maximum atomic E-state index is 12.3. The maximum Gasteiger partial charge on any atom is 0.262 e. The van der Waals surface area contributed by atoms with Crippen molar-refractivity contribution in [2.75, 3.05) is 18.5 Å². The molecule has 0 aliphatic heterocycles. The fourth-order valence-corrected chi connectivity index (χ4v) is 3.26. The summed E-state index contributed by atoms with van der Waals surface area (Å²) >= 11 is 3.53. The molecule has 0 bridgehead atoms. The third-order valence-electron chi connectivity index (χ3n) is 4.28. The van der Waals surface area contributed by atoms with Crippen LogP contribution in [-0.2, 0) is 4.79 Å². The summed E-state index contributed by atoms with van der Waals surface area (Å²) in [5, 5.41) is 2.84. The van der Waals surface area contributed by atoms with Crippen molar-refractivity contribution in [1.82, 2.24) is 0 Å². The lowest BCUT2D eigenvalue weighted by Gasteiger charge is -2.11. The van der Waals surface area contributed by atoms with Gasteiger partial charge in [-0.1, -0.05) is 55.8 Å². The number of hydrogen-bond acceptors (Lipinski definition) is 3. The van der Waals surface area contributed by atoms with E-state index < -0.39 is 0 Å². The number of halogens is 1. The van der Waals surface area contributed by atoms with Gasteiger partial charge in [-0.15, -0.1) is 0 Å². The van der Waals surface area contributed by atoms with Crippen LogP contribution in [0.5, 0.6) is 11.5 Å². The summed E-state index contributed by atoms with van der Waals surface area (Å²) in [6.07, 6.45) is 2.08. The van der Waals surface area contributed by atoms with Gasteiger partial charge in [-0.2, -0.15) is 0 Å². The number of rotatable bonds is 9. The van der Waals surface area contributed by atoms with Crippen molar-refractivity contribution in [3.05, 3.63) is 77.3 Å². The van der Waals surface area contributed by atoms with E-state index in [-0.39, 0.29) is 12.5 Å². The van der Waals surface area contributed by atoms with Crippen LogP contribution >= 0.6 is 15.9 Å². The van der Waals surface area contributed by atoms with Gasteiger partial charge in [0.25, 0.3) is 5.91 Å². The van der Waals surface area contributed by atoms with Crippen molar-refractivity contribution in [3.8, 4) is 22.6 Å². The van der Waals surface area contributed by atoms with Crippen molar-refractivity contribution in [2.24, 2.45) is 0 Å². The summed E-state index contributed by atoms with van der Waals surface area (Å²) in [4.78, 5) is 12.3. The molecule has 0 aromatic heterocycles. The van der Waals surface area contributed by atoms with Crippen molar-refractivity contribution in [2.45, 2.75) is 19.8 Å². The van der Waals surface area contributed by atoms with E-state index in [1.807, 2.05) is 60.7 Å². The van der Waals surface area contributed by atoms with Crippen molar-refractivity contribution in [1.29, 1.82) is 0 Å². The smallest absolute Gasteiger partial charge is 0.262 e. The van der Waals surface area contributed by atoms with E-state index >= 15 is 0 Å². The van der Waals surface area contributed by atoms with E-state index in [0.29, 0.717) is 18.0 Å². The van der Waals surface area contributed by atoms with Gasteiger partial charge in [-0.3, -0.25) is 4.79 Å². The van der Waals surface area contributed by atoms with Crippen LogP contribution in [0.3, 0.4) is 0 Å². The summed E-state index contributed by atoms with van der Waals surface area (Å²) < 4.78 is 12.2. The Balaban J connectivity index is 1.55. The van der Waals surface area contributed by atoms with Gasteiger partial charge in [0.15, 0.2) is 6.61 Å². The first-order chi connectivity index (χ1) is 14.2. The van der Waals surface area contributed by atoms with Gasteiger partial charge in [-0.25, -0.2) is 0 Å². The van der Waals surface area contributed by atoms with Gasteiger partial charge in [0.05, 0.1) is 11.1 Å². The number of nitrogens with one attached hydrogen (secondary N) is 1. The summed E-state index contributed by atoms with van der Waals surface area (Å²) in [5.74, 6) is 1.14. The van der Waals surface area contributed by atoms with E-state index in [2.05, 4.69) is 40.3 Å². The number of carbonyl (C=O) groups excluding carboxylic acids is 1. The molecule has 0 aliphatic carbocycles. The number of benzene rings is 3. The van der Waals surface area contributed by atoms with Crippen molar-refractivity contribution in [3.63, 3.8) is 0 Å². The molecule has 3 aromatic carbocycles. The molecule has 0 atom stereocenters. The molecule has 150 valence electrons. The van der Waals surface area contributed by atoms with Gasteiger partial charge in [0.1, 0.15) is 11.5 Å². The molecule has 5 heteroatoms. The highest BCUT2D eigenvalue weighted by Gasteiger charge is 2.08. The minimum absolute atomic E-state index is 0.0792. The minimum Gasteiger partial charge on any atom is -0.494 e. The van der Waals surface area contributed by atoms with Gasteiger partial charge >= 0.3 is 0 Å². The first kappa shape index (κ1) is 20.9. The summed E-state index contributed by atoms with van der Waals surface area (Å²) in [6, 6.07) is 23.3. The molecule has 0 saturated carbocycles. The first-order valence-electron chi connectivity index (χ1n) is 9.66. The lowest BCUT2D eigenvalue weighted by Crippen LogP contribution is -2.20. The number of carbonyl (C=O) groups is 1. The highest BCUT2D eigenvalue weighted by Crippen LogP contribution is 2.30. The van der Waals surface area contributed by atoms with Crippen molar-refractivity contribution < 1.29 is 14.3 Å². The Morgan fingerprint density at radius 3 is 2.52 bits per heavy atom. The standard InChI is InChI=1S/C24H24BrNO3/c1-2-3-14-28-21-11-7-10-20(16-21)26-24(27)17-29-23-13-12-19(15-22(23)25)18-8-5-4-6-9-18/h4-13,15-16H,2-3,14,17H2,1H3,(H,26,27). The molecule has 0 fully saturated rings. The molecule has 0 spiro atoms. The molecule has 3 aromatic rings. The molecule has 0 unspecified atom stereocenters. The number of ether oxygens (including phenoxy) is 2. The SMILES string of the molecule is CCCCOc1cccc(NC(=O)COc2ccc(-c3ccccc3)cc2Br)c1. The molecule has 29 heavy (non-hydrogen) atoms. The Hall–Kier alpha value is -2.79.